The topological polar surface area (TPSA) is 46.1 Å². The second-order valence-electron chi connectivity index (χ2n) is 4.53. The molecule has 1 heterocycles. The lowest BCUT2D eigenvalue weighted by Gasteiger charge is -2.24. The summed E-state index contributed by atoms with van der Waals surface area (Å²) in [5.41, 5.74) is 2.55. The van der Waals surface area contributed by atoms with Gasteiger partial charge in [0.15, 0.2) is 0 Å². The van der Waals surface area contributed by atoms with Gasteiger partial charge in [-0.15, -0.1) is 10.2 Å². The molecule has 2 aromatic rings. The van der Waals surface area contributed by atoms with E-state index in [1.807, 2.05) is 19.2 Å². The molecule has 4 nitrogen and oxygen atoms in total. The lowest BCUT2D eigenvalue weighted by molar-refractivity contribution is 0.0729. The molecule has 0 aliphatic heterocycles. The Bertz CT molecular complexity index is 628. The number of carbonyl (C=O) groups excluding carboxylic acids is 1. The molecule has 98 valence electrons. The second kappa shape index (κ2) is 4.90. The van der Waals surface area contributed by atoms with Crippen molar-refractivity contribution in [3.05, 3.63) is 44.9 Å². The van der Waals surface area contributed by atoms with Crippen LogP contribution in [-0.4, -0.2) is 28.1 Å². The molecule has 1 aliphatic rings. The van der Waals surface area contributed by atoms with Crippen molar-refractivity contribution >= 4 is 28.8 Å². The van der Waals surface area contributed by atoms with Crippen LogP contribution in [-0.2, 0) is 6.42 Å². The van der Waals surface area contributed by atoms with Crippen molar-refractivity contribution < 1.29 is 4.79 Å². The number of amides is 1. The summed E-state index contributed by atoms with van der Waals surface area (Å²) in [6.07, 6.45) is 1.96. The van der Waals surface area contributed by atoms with E-state index in [9.17, 15) is 4.79 Å². The molecule has 0 saturated heterocycles. The van der Waals surface area contributed by atoms with Crippen LogP contribution in [0.25, 0.3) is 0 Å². The average molecular weight is 294 g/mol. The van der Waals surface area contributed by atoms with Gasteiger partial charge in [0.05, 0.1) is 6.04 Å². The average Bonchev–Trinajstić information content (AvgIpc) is 3.03. The molecular weight excluding hydrogens is 282 g/mol. The predicted octanol–water partition coefficient (Wildman–Crippen LogP) is 2.95. The highest BCUT2D eigenvalue weighted by atomic mass is 35.5. The van der Waals surface area contributed by atoms with Gasteiger partial charge in [-0.3, -0.25) is 4.79 Å². The van der Waals surface area contributed by atoms with Gasteiger partial charge in [-0.25, -0.2) is 0 Å². The molecule has 1 aromatic heterocycles. The first-order valence-corrected chi connectivity index (χ1v) is 7.20. The van der Waals surface area contributed by atoms with E-state index in [-0.39, 0.29) is 11.9 Å². The summed E-state index contributed by atoms with van der Waals surface area (Å²) in [6.45, 7) is 0. The molecule has 0 bridgehead atoms. The van der Waals surface area contributed by atoms with E-state index in [2.05, 4.69) is 22.3 Å². The van der Waals surface area contributed by atoms with Gasteiger partial charge in [0.25, 0.3) is 5.91 Å². The number of hydrogen-bond acceptors (Lipinski definition) is 4. The van der Waals surface area contributed by atoms with E-state index >= 15 is 0 Å². The molecule has 1 amide bonds. The number of fused-ring (bicyclic) bond motifs is 1. The molecule has 0 fully saturated rings. The minimum atomic E-state index is -0.119. The molecule has 3 rings (SSSR count). The Hall–Kier alpha value is -1.46. The summed E-state index contributed by atoms with van der Waals surface area (Å²) in [6, 6.07) is 8.37. The van der Waals surface area contributed by atoms with E-state index in [4.69, 9.17) is 11.6 Å². The zero-order valence-corrected chi connectivity index (χ0v) is 11.9. The Morgan fingerprint density at radius 3 is 2.95 bits per heavy atom. The van der Waals surface area contributed by atoms with Crippen LogP contribution in [0, 0.1) is 0 Å². The van der Waals surface area contributed by atoms with Crippen LogP contribution in [0.5, 0.6) is 0 Å². The van der Waals surface area contributed by atoms with E-state index in [1.165, 1.54) is 11.1 Å². The smallest absolute Gasteiger partial charge is 0.285 e. The van der Waals surface area contributed by atoms with Gasteiger partial charge in [-0.2, -0.15) is 0 Å². The minimum Gasteiger partial charge on any atom is -0.333 e. The standard InChI is InChI=1S/C13H12ClN3OS/c1-17(12(18)11-15-16-13(14)19-11)10-7-6-8-4-2-3-5-9(8)10/h2-5,10H,6-7H2,1H3. The van der Waals surface area contributed by atoms with Crippen LogP contribution in [0.2, 0.25) is 4.47 Å². The van der Waals surface area contributed by atoms with Crippen LogP contribution >= 0.6 is 22.9 Å². The number of carbonyl (C=O) groups is 1. The van der Waals surface area contributed by atoms with E-state index in [1.54, 1.807) is 4.90 Å². The lowest BCUT2D eigenvalue weighted by atomic mass is 10.1. The summed E-state index contributed by atoms with van der Waals surface area (Å²) in [5, 5.41) is 7.83. The molecular formula is C13H12ClN3OS. The SMILES string of the molecule is CN(C(=O)c1nnc(Cl)s1)C1CCc2ccccc21. The lowest BCUT2D eigenvalue weighted by Crippen LogP contribution is -2.30. The molecule has 19 heavy (non-hydrogen) atoms. The third-order valence-corrected chi connectivity index (χ3v) is 4.48. The fourth-order valence-corrected chi connectivity index (χ4v) is 3.33. The van der Waals surface area contributed by atoms with Gasteiger partial charge in [-0.05, 0) is 35.6 Å². The normalized spacial score (nSPS) is 17.3. The van der Waals surface area contributed by atoms with Gasteiger partial charge in [0, 0.05) is 7.05 Å². The van der Waals surface area contributed by atoms with Crippen molar-refractivity contribution in [1.82, 2.24) is 15.1 Å². The molecule has 0 radical (unpaired) electrons. The zero-order chi connectivity index (χ0) is 13.4. The molecule has 0 N–H and O–H groups in total. The van der Waals surface area contributed by atoms with Gasteiger partial charge in [-0.1, -0.05) is 35.6 Å². The summed E-state index contributed by atoms with van der Waals surface area (Å²) in [5.74, 6) is -0.119. The van der Waals surface area contributed by atoms with Crippen molar-refractivity contribution in [1.29, 1.82) is 0 Å². The highest BCUT2D eigenvalue weighted by Gasteiger charge is 2.30. The number of halogens is 1. The Morgan fingerprint density at radius 2 is 2.21 bits per heavy atom. The third-order valence-electron chi connectivity index (χ3n) is 3.47. The molecule has 1 atom stereocenters. The van der Waals surface area contributed by atoms with Gasteiger partial charge >= 0.3 is 0 Å². The summed E-state index contributed by atoms with van der Waals surface area (Å²) in [4.78, 5) is 14.1. The zero-order valence-electron chi connectivity index (χ0n) is 10.3. The fraction of sp³-hybridized carbons (Fsp3) is 0.308. The minimum absolute atomic E-state index is 0.117. The van der Waals surface area contributed by atoms with Gasteiger partial charge < -0.3 is 4.90 Å². The molecule has 1 aromatic carbocycles. The maximum absolute atomic E-state index is 12.3. The van der Waals surface area contributed by atoms with Gasteiger partial charge in [0.2, 0.25) is 9.47 Å². The van der Waals surface area contributed by atoms with Crippen LogP contribution in [0.15, 0.2) is 24.3 Å². The summed E-state index contributed by atoms with van der Waals surface area (Å²) >= 11 is 6.84. The number of benzene rings is 1. The van der Waals surface area contributed by atoms with Crippen molar-refractivity contribution in [3.63, 3.8) is 0 Å². The Labute approximate surface area is 120 Å². The van der Waals surface area contributed by atoms with E-state index in [0.717, 1.165) is 24.2 Å². The number of hydrogen-bond donors (Lipinski definition) is 0. The maximum atomic E-state index is 12.3. The molecule has 0 saturated carbocycles. The first kappa shape index (κ1) is 12.6. The first-order chi connectivity index (χ1) is 9.16. The molecule has 6 heteroatoms. The molecule has 1 unspecified atom stereocenters. The highest BCUT2D eigenvalue weighted by molar-refractivity contribution is 7.17. The van der Waals surface area contributed by atoms with Crippen LogP contribution in [0.3, 0.4) is 0 Å². The molecule has 1 aliphatic carbocycles. The number of nitrogens with zero attached hydrogens (tertiary/aromatic N) is 3. The molecule has 0 spiro atoms. The number of aromatic nitrogens is 2. The predicted molar refractivity (Wildman–Crippen MR) is 74.5 cm³/mol. The number of aryl methyl sites for hydroxylation is 1. The van der Waals surface area contributed by atoms with E-state index < -0.39 is 0 Å². The Morgan fingerprint density at radius 1 is 1.42 bits per heavy atom. The maximum Gasteiger partial charge on any atom is 0.285 e. The quantitative estimate of drug-likeness (QED) is 0.855. The van der Waals surface area contributed by atoms with Crippen molar-refractivity contribution in [2.45, 2.75) is 18.9 Å². The Balaban J connectivity index is 1.86. The van der Waals surface area contributed by atoms with Crippen LogP contribution in [0.1, 0.15) is 33.4 Å². The first-order valence-electron chi connectivity index (χ1n) is 6.01. The fourth-order valence-electron chi connectivity index (χ4n) is 2.52. The van der Waals surface area contributed by atoms with E-state index in [0.29, 0.717) is 9.47 Å². The van der Waals surface area contributed by atoms with Gasteiger partial charge in [0.1, 0.15) is 0 Å². The largest absolute Gasteiger partial charge is 0.333 e. The monoisotopic (exact) mass is 293 g/mol. The third kappa shape index (κ3) is 2.24. The summed E-state index contributed by atoms with van der Waals surface area (Å²) < 4.78 is 0.295. The van der Waals surface area contributed by atoms with Crippen LogP contribution < -0.4 is 0 Å². The second-order valence-corrected chi connectivity index (χ2v) is 6.09. The highest BCUT2D eigenvalue weighted by Crippen LogP contribution is 2.35. The number of rotatable bonds is 2. The summed E-state index contributed by atoms with van der Waals surface area (Å²) in [7, 11) is 1.81. The van der Waals surface area contributed by atoms with Crippen molar-refractivity contribution in [2.24, 2.45) is 0 Å². The van der Waals surface area contributed by atoms with Crippen molar-refractivity contribution in [3.8, 4) is 0 Å². The Kier molecular flexibility index (Phi) is 3.24. The van der Waals surface area contributed by atoms with Crippen LogP contribution in [0.4, 0.5) is 0 Å². The van der Waals surface area contributed by atoms with Crippen molar-refractivity contribution in [2.75, 3.05) is 7.05 Å².